The standard InChI is InChI=1S/C12H16O3S/c13-11(14)10(9-5-4-8-16-9)12(15)6-2-1-3-7-12/h4-5,8,10,15H,1-3,6-7H2,(H,13,14)/t10-/m1/s1. The third kappa shape index (κ3) is 2.13. The first kappa shape index (κ1) is 11.6. The second-order valence-corrected chi connectivity index (χ2v) is 5.43. The fourth-order valence-electron chi connectivity index (χ4n) is 2.52. The summed E-state index contributed by atoms with van der Waals surface area (Å²) in [7, 11) is 0. The number of carboxylic acids is 1. The van der Waals surface area contributed by atoms with Crippen molar-refractivity contribution in [1.29, 1.82) is 0 Å². The Balaban J connectivity index is 2.28. The molecule has 1 aliphatic rings. The summed E-state index contributed by atoms with van der Waals surface area (Å²) in [5.74, 6) is -1.67. The molecule has 0 aromatic carbocycles. The van der Waals surface area contributed by atoms with Crippen LogP contribution in [0.3, 0.4) is 0 Å². The SMILES string of the molecule is O=C(O)[C@@H](c1cccs1)C1(O)CCCCC1. The zero-order valence-electron chi connectivity index (χ0n) is 9.06. The van der Waals surface area contributed by atoms with Gasteiger partial charge in [-0.25, -0.2) is 0 Å². The van der Waals surface area contributed by atoms with Crippen LogP contribution in [0.2, 0.25) is 0 Å². The Morgan fingerprint density at radius 2 is 2.06 bits per heavy atom. The zero-order valence-corrected chi connectivity index (χ0v) is 9.87. The van der Waals surface area contributed by atoms with Gasteiger partial charge in [-0.15, -0.1) is 11.3 Å². The van der Waals surface area contributed by atoms with Gasteiger partial charge < -0.3 is 10.2 Å². The molecule has 0 unspecified atom stereocenters. The van der Waals surface area contributed by atoms with Gasteiger partial charge >= 0.3 is 5.97 Å². The number of carboxylic acid groups (broad SMARTS) is 1. The largest absolute Gasteiger partial charge is 0.481 e. The van der Waals surface area contributed by atoms with Gasteiger partial charge in [-0.3, -0.25) is 4.79 Å². The van der Waals surface area contributed by atoms with Gasteiger partial charge in [0.2, 0.25) is 0 Å². The van der Waals surface area contributed by atoms with Crippen LogP contribution in [0, 0.1) is 0 Å². The molecule has 16 heavy (non-hydrogen) atoms. The molecule has 4 heteroatoms. The first-order valence-corrected chi connectivity index (χ1v) is 6.50. The van der Waals surface area contributed by atoms with E-state index in [0.29, 0.717) is 12.8 Å². The van der Waals surface area contributed by atoms with Crippen LogP contribution in [0.5, 0.6) is 0 Å². The molecule has 1 aliphatic carbocycles. The first-order chi connectivity index (χ1) is 7.63. The molecule has 0 radical (unpaired) electrons. The van der Waals surface area contributed by atoms with E-state index < -0.39 is 17.5 Å². The normalized spacial score (nSPS) is 21.6. The molecule has 0 spiro atoms. The predicted octanol–water partition coefficient (Wildman–Crippen LogP) is 2.61. The number of thiophene rings is 1. The first-order valence-electron chi connectivity index (χ1n) is 5.62. The molecule has 0 amide bonds. The van der Waals surface area contributed by atoms with Gasteiger partial charge in [0, 0.05) is 4.88 Å². The third-order valence-electron chi connectivity index (χ3n) is 3.33. The summed E-state index contributed by atoms with van der Waals surface area (Å²) in [5, 5.41) is 21.7. The van der Waals surface area contributed by atoms with Crippen LogP contribution in [0.4, 0.5) is 0 Å². The maximum atomic E-state index is 11.3. The monoisotopic (exact) mass is 240 g/mol. The van der Waals surface area contributed by atoms with Gasteiger partial charge in [-0.05, 0) is 24.3 Å². The summed E-state index contributed by atoms with van der Waals surface area (Å²) < 4.78 is 0. The number of aliphatic hydroxyl groups is 1. The molecule has 1 fully saturated rings. The fourth-order valence-corrected chi connectivity index (χ4v) is 3.45. The number of hydrogen-bond donors (Lipinski definition) is 2. The number of hydrogen-bond acceptors (Lipinski definition) is 3. The van der Waals surface area contributed by atoms with Crippen LogP contribution in [0.1, 0.15) is 42.9 Å². The van der Waals surface area contributed by atoms with Crippen LogP contribution < -0.4 is 0 Å². The van der Waals surface area contributed by atoms with Crippen LogP contribution in [-0.4, -0.2) is 21.8 Å². The van der Waals surface area contributed by atoms with E-state index in [1.807, 2.05) is 11.4 Å². The second-order valence-electron chi connectivity index (χ2n) is 4.45. The minimum absolute atomic E-state index is 0.599. The summed E-state index contributed by atoms with van der Waals surface area (Å²) in [4.78, 5) is 12.1. The summed E-state index contributed by atoms with van der Waals surface area (Å²) in [6.07, 6.45) is 4.14. The molecule has 2 N–H and O–H groups in total. The highest BCUT2D eigenvalue weighted by molar-refractivity contribution is 7.10. The van der Waals surface area contributed by atoms with Crippen molar-refractivity contribution in [2.45, 2.75) is 43.6 Å². The van der Waals surface area contributed by atoms with E-state index in [1.54, 1.807) is 6.07 Å². The number of rotatable bonds is 3. The van der Waals surface area contributed by atoms with E-state index in [0.717, 1.165) is 24.1 Å². The van der Waals surface area contributed by atoms with Gasteiger partial charge in [0.15, 0.2) is 0 Å². The molecule has 1 atom stereocenters. The van der Waals surface area contributed by atoms with Crippen molar-refractivity contribution < 1.29 is 15.0 Å². The summed E-state index contributed by atoms with van der Waals surface area (Å²) in [5.41, 5.74) is -1.05. The Morgan fingerprint density at radius 3 is 2.56 bits per heavy atom. The minimum atomic E-state index is -1.05. The highest BCUT2D eigenvalue weighted by Crippen LogP contribution is 2.41. The Bertz CT molecular complexity index is 352. The third-order valence-corrected chi connectivity index (χ3v) is 4.27. The van der Waals surface area contributed by atoms with E-state index in [-0.39, 0.29) is 0 Å². The molecule has 88 valence electrons. The number of aliphatic carboxylic acids is 1. The summed E-state index contributed by atoms with van der Waals surface area (Å²) >= 11 is 1.41. The molecule has 1 saturated carbocycles. The van der Waals surface area contributed by atoms with Crippen molar-refractivity contribution in [2.75, 3.05) is 0 Å². The van der Waals surface area contributed by atoms with Crippen molar-refractivity contribution >= 4 is 17.3 Å². The van der Waals surface area contributed by atoms with Crippen LogP contribution in [-0.2, 0) is 4.79 Å². The van der Waals surface area contributed by atoms with Crippen LogP contribution >= 0.6 is 11.3 Å². The van der Waals surface area contributed by atoms with Gasteiger partial charge in [0.25, 0.3) is 0 Å². The molecular weight excluding hydrogens is 224 g/mol. The lowest BCUT2D eigenvalue weighted by atomic mass is 9.75. The van der Waals surface area contributed by atoms with Crippen LogP contribution in [0.25, 0.3) is 0 Å². The van der Waals surface area contributed by atoms with E-state index >= 15 is 0 Å². The molecule has 2 rings (SSSR count). The summed E-state index contributed by atoms with van der Waals surface area (Å²) in [6.45, 7) is 0. The maximum absolute atomic E-state index is 11.3. The minimum Gasteiger partial charge on any atom is -0.481 e. The Labute approximate surface area is 98.7 Å². The van der Waals surface area contributed by atoms with Crippen LogP contribution in [0.15, 0.2) is 17.5 Å². The van der Waals surface area contributed by atoms with Crippen molar-refractivity contribution in [1.82, 2.24) is 0 Å². The zero-order chi connectivity index (χ0) is 11.6. The molecule has 0 saturated heterocycles. The highest BCUT2D eigenvalue weighted by Gasteiger charge is 2.43. The van der Waals surface area contributed by atoms with Crippen molar-refractivity contribution in [3.63, 3.8) is 0 Å². The summed E-state index contributed by atoms with van der Waals surface area (Å²) in [6, 6.07) is 3.64. The van der Waals surface area contributed by atoms with Gasteiger partial charge in [-0.2, -0.15) is 0 Å². The van der Waals surface area contributed by atoms with Crippen molar-refractivity contribution in [3.05, 3.63) is 22.4 Å². The molecular formula is C12H16O3S. The quantitative estimate of drug-likeness (QED) is 0.853. The van der Waals surface area contributed by atoms with Crippen molar-refractivity contribution in [2.24, 2.45) is 0 Å². The fraction of sp³-hybridized carbons (Fsp3) is 0.583. The van der Waals surface area contributed by atoms with Gasteiger partial charge in [0.05, 0.1) is 5.60 Å². The Morgan fingerprint density at radius 1 is 1.38 bits per heavy atom. The lowest BCUT2D eigenvalue weighted by Gasteiger charge is -2.36. The smallest absolute Gasteiger partial charge is 0.314 e. The number of carbonyl (C=O) groups is 1. The average molecular weight is 240 g/mol. The second kappa shape index (κ2) is 4.55. The lowest BCUT2D eigenvalue weighted by Crippen LogP contribution is -2.41. The predicted molar refractivity (Wildman–Crippen MR) is 62.7 cm³/mol. The van der Waals surface area contributed by atoms with E-state index in [9.17, 15) is 15.0 Å². The molecule has 1 heterocycles. The molecule has 3 nitrogen and oxygen atoms in total. The lowest BCUT2D eigenvalue weighted by molar-refractivity contribution is -0.147. The highest BCUT2D eigenvalue weighted by atomic mass is 32.1. The van der Waals surface area contributed by atoms with E-state index in [2.05, 4.69) is 0 Å². The molecule has 0 bridgehead atoms. The van der Waals surface area contributed by atoms with E-state index in [4.69, 9.17) is 0 Å². The Kier molecular flexibility index (Phi) is 3.30. The van der Waals surface area contributed by atoms with Crippen molar-refractivity contribution in [3.8, 4) is 0 Å². The van der Waals surface area contributed by atoms with Gasteiger partial charge in [-0.1, -0.05) is 25.3 Å². The molecule has 1 aromatic rings. The molecule has 0 aliphatic heterocycles. The van der Waals surface area contributed by atoms with E-state index in [1.165, 1.54) is 11.3 Å². The maximum Gasteiger partial charge on any atom is 0.314 e. The van der Waals surface area contributed by atoms with Gasteiger partial charge in [0.1, 0.15) is 5.92 Å². The average Bonchev–Trinajstić information content (AvgIpc) is 2.71. The Hall–Kier alpha value is -0.870. The topological polar surface area (TPSA) is 57.5 Å². The molecule has 1 aromatic heterocycles.